The average molecular weight is 492 g/mol. The van der Waals surface area contributed by atoms with Crippen LogP contribution in [0.25, 0.3) is 11.3 Å². The molecule has 9 heteroatoms. The zero-order chi connectivity index (χ0) is 24.9. The first-order valence-corrected chi connectivity index (χ1v) is 11.1. The molecule has 3 aromatic rings. The standard InChI is InChI=1S/C26H28F3NO5/c1-31-13-14-32-15-16-33-17-18-34-19-22-3-2-4-25(30-22)20-5-9-23(10-6-20)35-24-11-7-21(8-12-24)26(27,28)29/h2-12H,13-19H2,1H3. The molecule has 0 unspecified atom stereocenters. The number of methoxy groups -OCH3 is 1. The molecule has 2 aromatic carbocycles. The van der Waals surface area contributed by atoms with E-state index >= 15 is 0 Å². The molecule has 0 amide bonds. The lowest BCUT2D eigenvalue weighted by Gasteiger charge is -2.10. The van der Waals surface area contributed by atoms with Gasteiger partial charge in [0.25, 0.3) is 0 Å². The van der Waals surface area contributed by atoms with Gasteiger partial charge in [0.15, 0.2) is 0 Å². The Morgan fingerprint density at radius 1 is 0.686 bits per heavy atom. The van der Waals surface area contributed by atoms with Gasteiger partial charge in [-0.05, 0) is 60.7 Å². The molecule has 188 valence electrons. The topological polar surface area (TPSA) is 59.0 Å². The third-order valence-corrected chi connectivity index (χ3v) is 4.80. The maximum Gasteiger partial charge on any atom is 0.416 e. The summed E-state index contributed by atoms with van der Waals surface area (Å²) in [7, 11) is 1.63. The summed E-state index contributed by atoms with van der Waals surface area (Å²) in [5.41, 5.74) is 1.72. The van der Waals surface area contributed by atoms with Gasteiger partial charge in [0, 0.05) is 12.7 Å². The van der Waals surface area contributed by atoms with Crippen molar-refractivity contribution in [2.24, 2.45) is 0 Å². The molecule has 1 aromatic heterocycles. The Bertz CT molecular complexity index is 1010. The monoisotopic (exact) mass is 491 g/mol. The first-order valence-electron chi connectivity index (χ1n) is 11.1. The second kappa shape index (κ2) is 13.8. The molecule has 6 nitrogen and oxygen atoms in total. The van der Waals surface area contributed by atoms with Gasteiger partial charge in [-0.3, -0.25) is 4.98 Å². The van der Waals surface area contributed by atoms with Crippen LogP contribution in [0, 0.1) is 0 Å². The number of nitrogens with zero attached hydrogens (tertiary/aromatic N) is 1. The van der Waals surface area contributed by atoms with E-state index in [-0.39, 0.29) is 0 Å². The molecule has 0 radical (unpaired) electrons. The zero-order valence-corrected chi connectivity index (χ0v) is 19.4. The van der Waals surface area contributed by atoms with E-state index in [0.717, 1.165) is 29.1 Å². The summed E-state index contributed by atoms with van der Waals surface area (Å²) in [6.07, 6.45) is -4.37. The van der Waals surface area contributed by atoms with Crippen molar-refractivity contribution in [3.8, 4) is 22.8 Å². The predicted octanol–water partition coefficient (Wildman–Crippen LogP) is 5.76. The van der Waals surface area contributed by atoms with Crippen molar-refractivity contribution >= 4 is 0 Å². The minimum Gasteiger partial charge on any atom is -0.457 e. The molecular weight excluding hydrogens is 463 g/mol. The second-order valence-electron chi connectivity index (χ2n) is 7.43. The number of alkyl halides is 3. The maximum atomic E-state index is 12.7. The van der Waals surface area contributed by atoms with Gasteiger partial charge in [0.2, 0.25) is 0 Å². The van der Waals surface area contributed by atoms with Gasteiger partial charge in [-0.25, -0.2) is 0 Å². The molecule has 35 heavy (non-hydrogen) atoms. The summed E-state index contributed by atoms with van der Waals surface area (Å²) in [6.45, 7) is 3.40. The SMILES string of the molecule is COCCOCCOCCOCc1cccc(-c2ccc(Oc3ccc(C(F)(F)F)cc3)cc2)n1. The highest BCUT2D eigenvalue weighted by atomic mass is 19.4. The van der Waals surface area contributed by atoms with Crippen LogP contribution < -0.4 is 4.74 Å². The van der Waals surface area contributed by atoms with E-state index in [4.69, 9.17) is 23.7 Å². The van der Waals surface area contributed by atoms with Crippen molar-refractivity contribution in [2.45, 2.75) is 12.8 Å². The predicted molar refractivity (Wildman–Crippen MR) is 124 cm³/mol. The summed E-state index contributed by atoms with van der Waals surface area (Å²) in [4.78, 5) is 4.62. The molecule has 0 spiro atoms. The molecule has 3 rings (SSSR count). The van der Waals surface area contributed by atoms with E-state index in [1.165, 1.54) is 12.1 Å². The summed E-state index contributed by atoms with van der Waals surface area (Å²) >= 11 is 0. The highest BCUT2D eigenvalue weighted by Crippen LogP contribution is 2.31. The number of rotatable bonds is 14. The number of ether oxygens (including phenoxy) is 5. The third-order valence-electron chi connectivity index (χ3n) is 4.80. The first kappa shape index (κ1) is 26.6. The Morgan fingerprint density at radius 2 is 1.26 bits per heavy atom. The van der Waals surface area contributed by atoms with E-state index in [1.54, 1.807) is 19.2 Å². The lowest BCUT2D eigenvalue weighted by molar-refractivity contribution is -0.137. The van der Waals surface area contributed by atoms with Crippen molar-refractivity contribution in [1.29, 1.82) is 0 Å². The summed E-state index contributed by atoms with van der Waals surface area (Å²) in [6, 6.07) is 17.4. The molecule has 0 saturated carbocycles. The lowest BCUT2D eigenvalue weighted by atomic mass is 10.1. The number of halogens is 3. The summed E-state index contributed by atoms with van der Waals surface area (Å²) in [5, 5.41) is 0. The van der Waals surface area contributed by atoms with Crippen LogP contribution in [0.1, 0.15) is 11.3 Å². The van der Waals surface area contributed by atoms with Crippen molar-refractivity contribution in [3.63, 3.8) is 0 Å². The van der Waals surface area contributed by atoms with Crippen molar-refractivity contribution in [3.05, 3.63) is 78.0 Å². The number of hydrogen-bond donors (Lipinski definition) is 0. The van der Waals surface area contributed by atoms with Gasteiger partial charge < -0.3 is 23.7 Å². The Labute approximate surface area is 202 Å². The highest BCUT2D eigenvalue weighted by molar-refractivity contribution is 5.60. The molecule has 0 atom stereocenters. The molecule has 0 N–H and O–H groups in total. The Kier molecular flexibility index (Phi) is 10.5. The van der Waals surface area contributed by atoms with Gasteiger partial charge in [-0.1, -0.05) is 6.07 Å². The minimum absolute atomic E-state index is 0.325. The van der Waals surface area contributed by atoms with Crippen LogP contribution in [0.2, 0.25) is 0 Å². The minimum atomic E-state index is -4.37. The first-order chi connectivity index (χ1) is 17.0. The van der Waals surface area contributed by atoms with Crippen LogP contribution in [-0.4, -0.2) is 51.7 Å². The van der Waals surface area contributed by atoms with E-state index < -0.39 is 11.7 Å². The molecule has 0 aliphatic heterocycles. The molecule has 0 aliphatic carbocycles. The third kappa shape index (κ3) is 9.29. The molecule has 1 heterocycles. The molecule has 0 bridgehead atoms. The van der Waals surface area contributed by atoms with Crippen molar-refractivity contribution in [2.75, 3.05) is 46.8 Å². The smallest absolute Gasteiger partial charge is 0.416 e. The Morgan fingerprint density at radius 3 is 1.86 bits per heavy atom. The quantitative estimate of drug-likeness (QED) is 0.268. The van der Waals surface area contributed by atoms with E-state index in [9.17, 15) is 13.2 Å². The fourth-order valence-corrected chi connectivity index (χ4v) is 3.02. The Hall–Kier alpha value is -2.98. The van der Waals surface area contributed by atoms with E-state index in [2.05, 4.69) is 4.98 Å². The maximum absolute atomic E-state index is 12.7. The number of hydrogen-bond acceptors (Lipinski definition) is 6. The highest BCUT2D eigenvalue weighted by Gasteiger charge is 2.30. The van der Waals surface area contributed by atoms with E-state index in [0.29, 0.717) is 57.7 Å². The second-order valence-corrected chi connectivity index (χ2v) is 7.43. The van der Waals surface area contributed by atoms with Gasteiger partial charge in [0.1, 0.15) is 11.5 Å². The molecule has 0 aliphatic rings. The Balaban J connectivity index is 1.43. The van der Waals surface area contributed by atoms with Crippen molar-refractivity contribution < 1.29 is 36.9 Å². The molecule has 0 saturated heterocycles. The lowest BCUT2D eigenvalue weighted by Crippen LogP contribution is -2.11. The number of aromatic nitrogens is 1. The summed E-state index contributed by atoms with van der Waals surface area (Å²) < 4.78 is 65.0. The van der Waals surface area contributed by atoms with Gasteiger partial charge >= 0.3 is 6.18 Å². The van der Waals surface area contributed by atoms with Gasteiger partial charge in [-0.15, -0.1) is 0 Å². The molecule has 0 fully saturated rings. The van der Waals surface area contributed by atoms with Crippen LogP contribution in [0.5, 0.6) is 11.5 Å². The zero-order valence-electron chi connectivity index (χ0n) is 19.4. The van der Waals surface area contributed by atoms with Crippen LogP contribution in [0.15, 0.2) is 66.7 Å². The van der Waals surface area contributed by atoms with E-state index in [1.807, 2.05) is 30.3 Å². The number of benzene rings is 2. The summed E-state index contributed by atoms with van der Waals surface area (Å²) in [5.74, 6) is 0.836. The average Bonchev–Trinajstić information content (AvgIpc) is 2.86. The van der Waals surface area contributed by atoms with Crippen LogP contribution in [0.3, 0.4) is 0 Å². The van der Waals surface area contributed by atoms with Crippen molar-refractivity contribution in [1.82, 2.24) is 4.98 Å². The fourth-order valence-electron chi connectivity index (χ4n) is 3.02. The largest absolute Gasteiger partial charge is 0.457 e. The molecular formula is C26H28F3NO5. The van der Waals surface area contributed by atoms with Gasteiger partial charge in [0.05, 0.1) is 63.2 Å². The van der Waals surface area contributed by atoms with Crippen LogP contribution in [-0.2, 0) is 31.7 Å². The van der Waals surface area contributed by atoms with Crippen LogP contribution in [0.4, 0.5) is 13.2 Å². The van der Waals surface area contributed by atoms with Crippen LogP contribution >= 0.6 is 0 Å². The normalized spacial score (nSPS) is 11.5. The number of pyridine rings is 1. The fraction of sp³-hybridized carbons (Fsp3) is 0.346. The van der Waals surface area contributed by atoms with Gasteiger partial charge in [-0.2, -0.15) is 13.2 Å².